The lowest BCUT2D eigenvalue weighted by atomic mass is 9.91. The third-order valence-corrected chi connectivity index (χ3v) is 3.52. The molecule has 1 aromatic carbocycles. The van der Waals surface area contributed by atoms with Gasteiger partial charge in [-0.3, -0.25) is 4.90 Å². The fourth-order valence-electron chi connectivity index (χ4n) is 2.17. The summed E-state index contributed by atoms with van der Waals surface area (Å²) < 4.78 is 0. The van der Waals surface area contributed by atoms with Crippen molar-refractivity contribution in [1.29, 1.82) is 0 Å². The summed E-state index contributed by atoms with van der Waals surface area (Å²) in [7, 11) is 0. The molecule has 3 heteroatoms. The molecule has 0 saturated heterocycles. The second-order valence-corrected chi connectivity index (χ2v) is 5.67. The van der Waals surface area contributed by atoms with Gasteiger partial charge >= 0.3 is 0 Å². The van der Waals surface area contributed by atoms with Crippen LogP contribution in [-0.2, 0) is 0 Å². The van der Waals surface area contributed by atoms with E-state index in [0.29, 0.717) is 12.3 Å². The van der Waals surface area contributed by atoms with Crippen molar-refractivity contribution in [2.24, 2.45) is 11.1 Å². The van der Waals surface area contributed by atoms with Crippen molar-refractivity contribution in [3.05, 3.63) is 29.8 Å². The zero-order valence-corrected chi connectivity index (χ0v) is 12.0. The maximum absolute atomic E-state index is 9.93. The lowest BCUT2D eigenvalue weighted by molar-refractivity contribution is 0.146. The highest BCUT2D eigenvalue weighted by Crippen LogP contribution is 2.30. The van der Waals surface area contributed by atoms with E-state index in [2.05, 4.69) is 32.6 Å². The maximum Gasteiger partial charge on any atom is 0.120 e. The number of aromatic hydroxyl groups is 1. The molecule has 1 rings (SSSR count). The average molecular weight is 250 g/mol. The first kappa shape index (κ1) is 15.0. The van der Waals surface area contributed by atoms with E-state index < -0.39 is 0 Å². The van der Waals surface area contributed by atoms with Crippen LogP contribution in [0.4, 0.5) is 0 Å². The smallest absolute Gasteiger partial charge is 0.120 e. The molecule has 0 heterocycles. The van der Waals surface area contributed by atoms with E-state index in [1.165, 1.54) is 0 Å². The summed E-state index contributed by atoms with van der Waals surface area (Å²) in [4.78, 5) is 2.35. The molecular formula is C15H26N2O. The number of nitrogens with zero attached hydrogens (tertiary/aromatic N) is 1. The predicted octanol–water partition coefficient (Wildman–Crippen LogP) is 2.76. The Morgan fingerprint density at radius 2 is 1.94 bits per heavy atom. The van der Waals surface area contributed by atoms with Crippen LogP contribution in [0.15, 0.2) is 24.3 Å². The normalized spacial score (nSPS) is 13.9. The molecule has 1 atom stereocenters. The van der Waals surface area contributed by atoms with E-state index in [-0.39, 0.29) is 11.5 Å². The van der Waals surface area contributed by atoms with Gasteiger partial charge in [-0.2, -0.15) is 0 Å². The van der Waals surface area contributed by atoms with Crippen LogP contribution in [0.25, 0.3) is 0 Å². The van der Waals surface area contributed by atoms with Gasteiger partial charge in [0.25, 0.3) is 0 Å². The summed E-state index contributed by atoms with van der Waals surface area (Å²) in [6.07, 6.45) is 0. The molecule has 1 unspecified atom stereocenters. The second-order valence-electron chi connectivity index (χ2n) is 5.67. The molecule has 18 heavy (non-hydrogen) atoms. The number of para-hydroxylation sites is 1. The van der Waals surface area contributed by atoms with Gasteiger partial charge in [0.15, 0.2) is 0 Å². The summed E-state index contributed by atoms with van der Waals surface area (Å²) in [5.74, 6) is 0.369. The van der Waals surface area contributed by atoms with Gasteiger partial charge in [-0.25, -0.2) is 0 Å². The molecule has 3 nitrogen and oxygen atoms in total. The lowest BCUT2D eigenvalue weighted by Gasteiger charge is -2.35. The van der Waals surface area contributed by atoms with E-state index in [1.807, 2.05) is 18.2 Å². The quantitative estimate of drug-likeness (QED) is 0.816. The molecule has 0 fully saturated rings. The highest BCUT2D eigenvalue weighted by molar-refractivity contribution is 5.34. The summed E-state index contributed by atoms with van der Waals surface area (Å²) in [6, 6.07) is 7.74. The lowest BCUT2D eigenvalue weighted by Crippen LogP contribution is -2.40. The van der Waals surface area contributed by atoms with Gasteiger partial charge < -0.3 is 10.8 Å². The van der Waals surface area contributed by atoms with Crippen molar-refractivity contribution in [3.63, 3.8) is 0 Å². The van der Waals surface area contributed by atoms with Crippen molar-refractivity contribution < 1.29 is 5.11 Å². The Bertz CT molecular complexity index is 377. The highest BCUT2D eigenvalue weighted by atomic mass is 16.3. The van der Waals surface area contributed by atoms with Gasteiger partial charge in [0.05, 0.1) is 0 Å². The van der Waals surface area contributed by atoms with Gasteiger partial charge in [-0.15, -0.1) is 0 Å². The van der Waals surface area contributed by atoms with Crippen LogP contribution < -0.4 is 5.73 Å². The van der Waals surface area contributed by atoms with Crippen molar-refractivity contribution in [2.75, 3.05) is 19.6 Å². The minimum atomic E-state index is 0.0919. The molecule has 0 aromatic heterocycles. The minimum Gasteiger partial charge on any atom is -0.508 e. The van der Waals surface area contributed by atoms with E-state index in [0.717, 1.165) is 18.7 Å². The summed E-state index contributed by atoms with van der Waals surface area (Å²) >= 11 is 0. The predicted molar refractivity (Wildman–Crippen MR) is 76.6 cm³/mol. The number of phenols is 1. The zero-order valence-electron chi connectivity index (χ0n) is 12.0. The standard InChI is InChI=1S/C15H26N2O/c1-5-17(11-15(3,4)10-16)12(2)13-8-6-7-9-14(13)18/h6-9,12,18H,5,10-11,16H2,1-4H3. The minimum absolute atomic E-state index is 0.0919. The van der Waals surface area contributed by atoms with Crippen molar-refractivity contribution >= 4 is 0 Å². The van der Waals surface area contributed by atoms with E-state index >= 15 is 0 Å². The molecule has 0 saturated carbocycles. The third kappa shape index (κ3) is 3.72. The van der Waals surface area contributed by atoms with E-state index in [4.69, 9.17) is 5.73 Å². The third-order valence-electron chi connectivity index (χ3n) is 3.52. The van der Waals surface area contributed by atoms with Gasteiger partial charge in [0, 0.05) is 18.2 Å². The Morgan fingerprint density at radius 3 is 2.44 bits per heavy atom. The van der Waals surface area contributed by atoms with Gasteiger partial charge in [-0.05, 0) is 31.5 Å². The fraction of sp³-hybridized carbons (Fsp3) is 0.600. The zero-order chi connectivity index (χ0) is 13.8. The average Bonchev–Trinajstić information content (AvgIpc) is 2.36. The Hall–Kier alpha value is -1.06. The fourth-order valence-corrected chi connectivity index (χ4v) is 2.17. The topological polar surface area (TPSA) is 49.5 Å². The van der Waals surface area contributed by atoms with Crippen LogP contribution in [0.5, 0.6) is 5.75 Å². The largest absolute Gasteiger partial charge is 0.508 e. The molecule has 0 spiro atoms. The summed E-state index contributed by atoms with van der Waals surface area (Å²) in [5, 5.41) is 9.93. The maximum atomic E-state index is 9.93. The van der Waals surface area contributed by atoms with Crippen LogP contribution in [0.3, 0.4) is 0 Å². The molecular weight excluding hydrogens is 224 g/mol. The van der Waals surface area contributed by atoms with Crippen LogP contribution >= 0.6 is 0 Å². The first-order chi connectivity index (χ1) is 8.41. The Kier molecular flexibility index (Phi) is 5.17. The Morgan fingerprint density at radius 1 is 1.33 bits per heavy atom. The second kappa shape index (κ2) is 6.21. The molecule has 3 N–H and O–H groups in total. The van der Waals surface area contributed by atoms with Crippen molar-refractivity contribution in [3.8, 4) is 5.75 Å². The molecule has 0 aliphatic heterocycles. The number of rotatable bonds is 6. The van der Waals surface area contributed by atoms with Gasteiger partial charge in [-0.1, -0.05) is 39.0 Å². The first-order valence-corrected chi connectivity index (χ1v) is 6.63. The van der Waals surface area contributed by atoms with Crippen LogP contribution in [0.2, 0.25) is 0 Å². The number of hydrogen-bond donors (Lipinski definition) is 2. The first-order valence-electron chi connectivity index (χ1n) is 6.63. The molecule has 0 aliphatic rings. The molecule has 102 valence electrons. The van der Waals surface area contributed by atoms with E-state index in [9.17, 15) is 5.11 Å². The highest BCUT2D eigenvalue weighted by Gasteiger charge is 2.24. The molecule has 0 aliphatic carbocycles. The molecule has 0 bridgehead atoms. The molecule has 0 radical (unpaired) electrons. The van der Waals surface area contributed by atoms with Gasteiger partial charge in [0.2, 0.25) is 0 Å². The van der Waals surface area contributed by atoms with Crippen LogP contribution in [0, 0.1) is 5.41 Å². The van der Waals surface area contributed by atoms with Crippen LogP contribution in [0.1, 0.15) is 39.3 Å². The number of nitrogens with two attached hydrogens (primary N) is 1. The van der Waals surface area contributed by atoms with E-state index in [1.54, 1.807) is 6.07 Å². The summed E-state index contributed by atoms with van der Waals surface area (Å²) in [6.45, 7) is 11.2. The summed E-state index contributed by atoms with van der Waals surface area (Å²) in [5.41, 5.74) is 6.87. The Balaban J connectivity index is 2.86. The Labute approximate surface area is 111 Å². The number of phenolic OH excluding ortho intramolecular Hbond substituents is 1. The molecule has 1 aromatic rings. The SMILES string of the molecule is CCN(CC(C)(C)CN)C(C)c1ccccc1O. The van der Waals surface area contributed by atoms with Crippen molar-refractivity contribution in [1.82, 2.24) is 4.90 Å². The number of benzene rings is 1. The van der Waals surface area contributed by atoms with Gasteiger partial charge in [0.1, 0.15) is 5.75 Å². The number of hydrogen-bond acceptors (Lipinski definition) is 3. The molecule has 0 amide bonds. The van der Waals surface area contributed by atoms with Crippen LogP contribution in [-0.4, -0.2) is 29.6 Å². The monoisotopic (exact) mass is 250 g/mol. The van der Waals surface area contributed by atoms with Crippen molar-refractivity contribution in [2.45, 2.75) is 33.7 Å².